The number of aromatic carboxylic acids is 1. The Labute approximate surface area is 114 Å². The molecule has 2 nitrogen and oxygen atoms in total. The molecule has 0 atom stereocenters. The molecule has 3 heteroatoms. The van der Waals surface area contributed by atoms with Crippen LogP contribution in [0.3, 0.4) is 0 Å². The van der Waals surface area contributed by atoms with Gasteiger partial charge in [0.05, 0.1) is 5.56 Å². The number of hydrogen-bond acceptors (Lipinski definition) is 1. The molecule has 0 fully saturated rings. The summed E-state index contributed by atoms with van der Waals surface area (Å²) in [5.74, 6) is -0.873. The van der Waals surface area contributed by atoms with Crippen molar-refractivity contribution in [1.82, 2.24) is 0 Å². The van der Waals surface area contributed by atoms with Gasteiger partial charge in [-0.15, -0.1) is 0 Å². The number of carboxylic acid groups (broad SMARTS) is 1. The van der Waals surface area contributed by atoms with Crippen molar-refractivity contribution in [2.45, 2.75) is 11.8 Å². The zero-order valence-electron chi connectivity index (χ0n) is 9.77. The molecule has 0 aliphatic rings. The van der Waals surface area contributed by atoms with Crippen LogP contribution in [0, 0.1) is 0 Å². The lowest BCUT2D eigenvalue weighted by atomic mass is 9.98. The summed E-state index contributed by atoms with van der Waals surface area (Å²) in [6.45, 7) is 0. The Morgan fingerprint density at radius 3 is 2.39 bits per heavy atom. The zero-order valence-corrected chi connectivity index (χ0v) is 11.4. The quantitative estimate of drug-likeness (QED) is 0.871. The van der Waals surface area contributed by atoms with Crippen molar-refractivity contribution in [3.05, 3.63) is 70.8 Å². The van der Waals surface area contributed by atoms with Crippen LogP contribution in [-0.4, -0.2) is 11.1 Å². The number of halogens is 1. The molecule has 1 N–H and O–H groups in total. The van der Waals surface area contributed by atoms with Crippen LogP contribution in [0.1, 0.15) is 27.0 Å². The summed E-state index contributed by atoms with van der Waals surface area (Å²) >= 11 is 3.39. The first kappa shape index (κ1) is 12.8. The first-order chi connectivity index (χ1) is 8.70. The van der Waals surface area contributed by atoms with Gasteiger partial charge in [0.25, 0.3) is 0 Å². The predicted octanol–water partition coefficient (Wildman–Crippen LogP) is 3.87. The van der Waals surface area contributed by atoms with Gasteiger partial charge in [-0.25, -0.2) is 4.79 Å². The van der Waals surface area contributed by atoms with Gasteiger partial charge >= 0.3 is 5.97 Å². The highest BCUT2D eigenvalue weighted by atomic mass is 79.9. The number of carbonyl (C=O) groups is 1. The van der Waals surface area contributed by atoms with Crippen molar-refractivity contribution in [1.29, 1.82) is 0 Å². The Balaban J connectivity index is 2.38. The maximum atomic E-state index is 11.2. The maximum Gasteiger partial charge on any atom is 0.335 e. The van der Waals surface area contributed by atoms with E-state index in [1.165, 1.54) is 0 Å². The molecule has 2 aromatic rings. The molecule has 0 radical (unpaired) electrons. The zero-order chi connectivity index (χ0) is 13.0. The number of alkyl halides is 1. The minimum atomic E-state index is -0.873. The van der Waals surface area contributed by atoms with E-state index in [1.54, 1.807) is 6.07 Å². The van der Waals surface area contributed by atoms with E-state index in [9.17, 15) is 9.90 Å². The summed E-state index contributed by atoms with van der Waals surface area (Å²) in [5, 5.41) is 9.93. The van der Waals surface area contributed by atoms with Crippen molar-refractivity contribution in [3.63, 3.8) is 0 Å². The molecule has 0 aliphatic heterocycles. The third-order valence-corrected chi connectivity index (χ3v) is 3.44. The number of rotatable bonds is 4. The number of carboxylic acids is 1. The molecule has 0 aromatic heterocycles. The van der Waals surface area contributed by atoms with Crippen LogP contribution in [0.25, 0.3) is 0 Å². The first-order valence-electron chi connectivity index (χ1n) is 5.65. The molecule has 2 aromatic carbocycles. The summed E-state index contributed by atoms with van der Waals surface area (Å²) in [4.78, 5) is 11.2. The number of benzene rings is 2. The van der Waals surface area contributed by atoms with Gasteiger partial charge in [-0.1, -0.05) is 58.4 Å². The van der Waals surface area contributed by atoms with Crippen molar-refractivity contribution < 1.29 is 9.90 Å². The fraction of sp³-hybridized carbons (Fsp3) is 0.133. The second kappa shape index (κ2) is 5.83. The average molecular weight is 305 g/mol. The lowest BCUT2D eigenvalue weighted by molar-refractivity contribution is 0.0696. The van der Waals surface area contributed by atoms with E-state index >= 15 is 0 Å². The van der Waals surface area contributed by atoms with Gasteiger partial charge in [-0.2, -0.15) is 0 Å². The second-order valence-corrected chi connectivity index (χ2v) is 4.65. The molecule has 0 spiro atoms. The first-order valence-corrected chi connectivity index (χ1v) is 6.78. The topological polar surface area (TPSA) is 37.3 Å². The maximum absolute atomic E-state index is 11.2. The highest BCUT2D eigenvalue weighted by Crippen LogP contribution is 2.18. The number of hydrogen-bond donors (Lipinski definition) is 1. The molecular weight excluding hydrogens is 292 g/mol. The minimum absolute atomic E-state index is 0.378. The van der Waals surface area contributed by atoms with Gasteiger partial charge in [0.2, 0.25) is 0 Å². The highest BCUT2D eigenvalue weighted by Gasteiger charge is 2.10. The second-order valence-electron chi connectivity index (χ2n) is 4.09. The fourth-order valence-electron chi connectivity index (χ4n) is 1.90. The highest BCUT2D eigenvalue weighted by molar-refractivity contribution is 9.08. The van der Waals surface area contributed by atoms with Crippen molar-refractivity contribution in [2.75, 3.05) is 0 Å². The predicted molar refractivity (Wildman–Crippen MR) is 75.3 cm³/mol. The van der Waals surface area contributed by atoms with Gasteiger partial charge in [-0.05, 0) is 29.2 Å². The Bertz CT molecular complexity index is 550. The Kier molecular flexibility index (Phi) is 4.15. The van der Waals surface area contributed by atoms with Gasteiger partial charge in [0.15, 0.2) is 0 Å². The van der Waals surface area contributed by atoms with Crippen LogP contribution >= 0.6 is 15.9 Å². The summed E-state index contributed by atoms with van der Waals surface area (Å²) in [5.41, 5.74) is 3.44. The van der Waals surface area contributed by atoms with Crippen LogP contribution < -0.4 is 0 Å². The van der Waals surface area contributed by atoms with Crippen molar-refractivity contribution in [2.24, 2.45) is 0 Å². The summed E-state index contributed by atoms with van der Waals surface area (Å²) < 4.78 is 0. The normalized spacial score (nSPS) is 10.3. The summed E-state index contributed by atoms with van der Waals surface area (Å²) in [6.07, 6.45) is 0.642. The molecule has 0 unspecified atom stereocenters. The van der Waals surface area contributed by atoms with Crippen LogP contribution in [0.2, 0.25) is 0 Å². The largest absolute Gasteiger partial charge is 0.478 e. The molecule has 92 valence electrons. The van der Waals surface area contributed by atoms with Crippen LogP contribution in [0.5, 0.6) is 0 Å². The smallest absolute Gasteiger partial charge is 0.335 e. The van der Waals surface area contributed by atoms with E-state index < -0.39 is 5.97 Å². The molecular formula is C15H13BrO2. The van der Waals surface area contributed by atoms with Crippen LogP contribution in [0.15, 0.2) is 48.5 Å². The van der Waals surface area contributed by atoms with E-state index in [4.69, 9.17) is 0 Å². The van der Waals surface area contributed by atoms with Gasteiger partial charge < -0.3 is 5.11 Å². The average Bonchev–Trinajstić information content (AvgIpc) is 2.39. The molecule has 0 saturated heterocycles. The van der Waals surface area contributed by atoms with Crippen LogP contribution in [-0.2, 0) is 11.8 Å². The lowest BCUT2D eigenvalue weighted by Gasteiger charge is -2.08. The summed E-state index contributed by atoms with van der Waals surface area (Å²) in [7, 11) is 0. The Morgan fingerprint density at radius 2 is 1.78 bits per heavy atom. The van der Waals surface area contributed by atoms with E-state index in [0.717, 1.165) is 22.0 Å². The molecule has 0 amide bonds. The molecule has 0 saturated carbocycles. The van der Waals surface area contributed by atoms with Gasteiger partial charge in [0, 0.05) is 5.33 Å². The molecule has 2 rings (SSSR count). The molecule has 0 heterocycles. The van der Waals surface area contributed by atoms with Crippen molar-refractivity contribution in [3.8, 4) is 0 Å². The summed E-state index contributed by atoms with van der Waals surface area (Å²) in [6, 6.07) is 15.4. The third-order valence-electron chi connectivity index (χ3n) is 2.79. The molecule has 0 aliphatic carbocycles. The molecule has 18 heavy (non-hydrogen) atoms. The van der Waals surface area contributed by atoms with E-state index in [-0.39, 0.29) is 0 Å². The standard InChI is InChI=1S/C15H13BrO2/c16-10-12-6-7-14(15(17)18)13(9-12)8-11-4-2-1-3-5-11/h1-7,9H,8,10H2,(H,17,18). The van der Waals surface area contributed by atoms with E-state index in [1.807, 2.05) is 42.5 Å². The third kappa shape index (κ3) is 2.99. The SMILES string of the molecule is O=C(O)c1ccc(CBr)cc1Cc1ccccc1. The van der Waals surface area contributed by atoms with E-state index in [0.29, 0.717) is 12.0 Å². The van der Waals surface area contributed by atoms with Crippen molar-refractivity contribution >= 4 is 21.9 Å². The lowest BCUT2D eigenvalue weighted by Crippen LogP contribution is -2.03. The van der Waals surface area contributed by atoms with Crippen LogP contribution in [0.4, 0.5) is 0 Å². The monoisotopic (exact) mass is 304 g/mol. The molecule has 0 bridgehead atoms. The fourth-order valence-corrected chi connectivity index (χ4v) is 2.25. The Morgan fingerprint density at radius 1 is 1.06 bits per heavy atom. The minimum Gasteiger partial charge on any atom is -0.478 e. The van der Waals surface area contributed by atoms with E-state index in [2.05, 4.69) is 15.9 Å². The van der Waals surface area contributed by atoms with Gasteiger partial charge in [0.1, 0.15) is 0 Å². The van der Waals surface area contributed by atoms with Gasteiger partial charge in [-0.3, -0.25) is 0 Å². The Hall–Kier alpha value is -1.61.